The minimum Gasteiger partial charge on any atom is -0.480 e. The Hall–Kier alpha value is -1.91. The molecule has 0 unspecified atom stereocenters. The molecule has 16 heavy (non-hydrogen) atoms. The van der Waals surface area contributed by atoms with Crippen LogP contribution in [0.2, 0.25) is 0 Å². The number of amides is 1. The first kappa shape index (κ1) is 12.2. The van der Waals surface area contributed by atoms with Gasteiger partial charge in [-0.05, 0) is 26.0 Å². The molecule has 0 aliphatic heterocycles. The van der Waals surface area contributed by atoms with E-state index in [9.17, 15) is 9.59 Å². The number of aromatic nitrogens is 1. The number of aliphatic carboxylic acids is 1. The van der Waals surface area contributed by atoms with E-state index in [-0.39, 0.29) is 0 Å². The van der Waals surface area contributed by atoms with Gasteiger partial charge in [-0.15, -0.1) is 0 Å². The zero-order chi connectivity index (χ0) is 12.3. The van der Waals surface area contributed by atoms with Crippen LogP contribution in [0.1, 0.15) is 13.8 Å². The third-order valence-corrected chi connectivity index (χ3v) is 2.42. The number of hydrogen-bond donors (Lipinski definition) is 1. The highest BCUT2D eigenvalue weighted by molar-refractivity contribution is 6.08. The van der Waals surface area contributed by atoms with Crippen LogP contribution < -0.4 is 4.90 Å². The summed E-state index contributed by atoms with van der Waals surface area (Å²) in [5.74, 6) is -1.61. The second-order valence-electron chi connectivity index (χ2n) is 4.00. The van der Waals surface area contributed by atoms with Crippen LogP contribution in [-0.2, 0) is 9.59 Å². The van der Waals surface area contributed by atoms with Crippen LogP contribution in [0.5, 0.6) is 0 Å². The highest BCUT2D eigenvalue weighted by atomic mass is 16.4. The molecule has 0 saturated heterocycles. The van der Waals surface area contributed by atoms with Crippen molar-refractivity contribution in [1.82, 2.24) is 4.98 Å². The van der Waals surface area contributed by atoms with Gasteiger partial charge in [0.15, 0.2) is 0 Å². The molecule has 1 rings (SSSR count). The largest absolute Gasteiger partial charge is 0.480 e. The van der Waals surface area contributed by atoms with Crippen molar-refractivity contribution in [2.24, 2.45) is 5.41 Å². The molecular formula is C11H14N2O3. The Morgan fingerprint density at radius 2 is 1.81 bits per heavy atom. The molecule has 1 aromatic heterocycles. The summed E-state index contributed by atoms with van der Waals surface area (Å²) in [6, 6.07) is 3.30. The fraction of sp³-hybridized carbons (Fsp3) is 0.364. The summed E-state index contributed by atoms with van der Waals surface area (Å²) in [6.45, 7) is 2.77. The molecule has 0 bridgehead atoms. The highest BCUT2D eigenvalue weighted by Crippen LogP contribution is 2.22. The summed E-state index contributed by atoms with van der Waals surface area (Å²) < 4.78 is 0. The molecule has 1 amide bonds. The fourth-order valence-electron chi connectivity index (χ4n) is 1.20. The van der Waals surface area contributed by atoms with Crippen LogP contribution in [-0.4, -0.2) is 29.0 Å². The maximum absolute atomic E-state index is 11.9. The molecule has 0 atom stereocenters. The third kappa shape index (κ3) is 2.18. The summed E-state index contributed by atoms with van der Waals surface area (Å²) >= 11 is 0. The lowest BCUT2D eigenvalue weighted by molar-refractivity contribution is -0.152. The number of carboxylic acids is 1. The van der Waals surface area contributed by atoms with E-state index in [2.05, 4.69) is 4.98 Å². The third-order valence-electron chi connectivity index (χ3n) is 2.42. The van der Waals surface area contributed by atoms with E-state index in [0.717, 1.165) is 0 Å². The molecule has 86 valence electrons. The number of pyridine rings is 1. The van der Waals surface area contributed by atoms with Crippen molar-refractivity contribution in [3.8, 4) is 0 Å². The van der Waals surface area contributed by atoms with Gasteiger partial charge in [0.1, 0.15) is 5.41 Å². The van der Waals surface area contributed by atoms with Crippen LogP contribution in [0, 0.1) is 5.41 Å². The molecule has 5 nitrogen and oxygen atoms in total. The normalized spacial score (nSPS) is 10.9. The van der Waals surface area contributed by atoms with E-state index < -0.39 is 17.3 Å². The Labute approximate surface area is 93.7 Å². The van der Waals surface area contributed by atoms with Crippen LogP contribution in [0.4, 0.5) is 5.69 Å². The Bertz CT molecular complexity index is 401. The highest BCUT2D eigenvalue weighted by Gasteiger charge is 2.38. The first-order valence-corrected chi connectivity index (χ1v) is 4.79. The van der Waals surface area contributed by atoms with Crippen molar-refractivity contribution >= 4 is 17.6 Å². The van der Waals surface area contributed by atoms with Gasteiger partial charge < -0.3 is 10.0 Å². The van der Waals surface area contributed by atoms with Gasteiger partial charge in [-0.25, -0.2) is 0 Å². The Balaban J connectivity index is 2.96. The minimum atomic E-state index is -1.43. The average molecular weight is 222 g/mol. The molecule has 0 spiro atoms. The van der Waals surface area contributed by atoms with Crippen molar-refractivity contribution in [2.45, 2.75) is 13.8 Å². The standard InChI is InChI=1S/C11H14N2O3/c1-11(2,10(15)16)9(14)13(3)8-4-6-12-7-5-8/h4-7H,1-3H3,(H,15,16). The van der Waals surface area contributed by atoms with Crippen molar-refractivity contribution in [2.75, 3.05) is 11.9 Å². The molecule has 0 aliphatic rings. The number of anilines is 1. The van der Waals surface area contributed by atoms with E-state index in [0.29, 0.717) is 5.69 Å². The van der Waals surface area contributed by atoms with E-state index in [4.69, 9.17) is 5.11 Å². The predicted octanol–water partition coefficient (Wildman–Crippen LogP) is 1.16. The van der Waals surface area contributed by atoms with Crippen molar-refractivity contribution in [3.63, 3.8) is 0 Å². The number of hydrogen-bond acceptors (Lipinski definition) is 3. The molecule has 0 aromatic carbocycles. The SMILES string of the molecule is CN(C(=O)C(C)(C)C(=O)O)c1ccncc1. The van der Waals surface area contributed by atoms with E-state index in [1.165, 1.54) is 18.7 Å². The summed E-state index contributed by atoms with van der Waals surface area (Å²) in [7, 11) is 1.54. The molecule has 0 saturated carbocycles. The van der Waals surface area contributed by atoms with Gasteiger partial charge in [0, 0.05) is 25.1 Å². The van der Waals surface area contributed by atoms with Crippen LogP contribution in [0.15, 0.2) is 24.5 Å². The Morgan fingerprint density at radius 3 is 2.25 bits per heavy atom. The second kappa shape index (κ2) is 4.30. The molecule has 5 heteroatoms. The number of carbonyl (C=O) groups excluding carboxylic acids is 1. The fourth-order valence-corrected chi connectivity index (χ4v) is 1.20. The zero-order valence-corrected chi connectivity index (χ0v) is 9.47. The van der Waals surface area contributed by atoms with Gasteiger partial charge in [0.05, 0.1) is 0 Å². The van der Waals surface area contributed by atoms with Crippen molar-refractivity contribution in [1.29, 1.82) is 0 Å². The summed E-state index contributed by atoms with van der Waals surface area (Å²) in [5.41, 5.74) is -0.813. The molecule has 1 aromatic rings. The maximum Gasteiger partial charge on any atom is 0.318 e. The lowest BCUT2D eigenvalue weighted by Gasteiger charge is -2.25. The van der Waals surface area contributed by atoms with Gasteiger partial charge in [-0.3, -0.25) is 14.6 Å². The smallest absolute Gasteiger partial charge is 0.318 e. The van der Waals surface area contributed by atoms with Gasteiger partial charge in [0.25, 0.3) is 0 Å². The van der Waals surface area contributed by atoms with E-state index >= 15 is 0 Å². The summed E-state index contributed by atoms with van der Waals surface area (Å²) in [5, 5.41) is 8.95. The summed E-state index contributed by atoms with van der Waals surface area (Å²) in [6.07, 6.45) is 3.10. The van der Waals surface area contributed by atoms with Crippen molar-refractivity contribution in [3.05, 3.63) is 24.5 Å². The van der Waals surface area contributed by atoms with E-state index in [1.807, 2.05) is 0 Å². The lowest BCUT2D eigenvalue weighted by atomic mass is 9.92. The van der Waals surface area contributed by atoms with E-state index in [1.54, 1.807) is 31.6 Å². The maximum atomic E-state index is 11.9. The monoisotopic (exact) mass is 222 g/mol. The van der Waals surface area contributed by atoms with Crippen molar-refractivity contribution < 1.29 is 14.7 Å². The topological polar surface area (TPSA) is 70.5 Å². The number of carboxylic acid groups (broad SMARTS) is 1. The quantitative estimate of drug-likeness (QED) is 0.779. The second-order valence-corrected chi connectivity index (χ2v) is 4.00. The summed E-state index contributed by atoms with van der Waals surface area (Å²) in [4.78, 5) is 28.0. The molecule has 0 fully saturated rings. The van der Waals surface area contributed by atoms with Crippen LogP contribution in [0.25, 0.3) is 0 Å². The Morgan fingerprint density at radius 1 is 1.31 bits per heavy atom. The molecule has 1 heterocycles. The lowest BCUT2D eigenvalue weighted by Crippen LogP contribution is -2.43. The zero-order valence-electron chi connectivity index (χ0n) is 9.47. The number of carbonyl (C=O) groups is 2. The molecule has 1 N–H and O–H groups in total. The molecule has 0 aliphatic carbocycles. The first-order chi connectivity index (χ1) is 7.37. The van der Waals surface area contributed by atoms with Gasteiger partial charge in [-0.1, -0.05) is 0 Å². The molecule has 0 radical (unpaired) electrons. The Kier molecular flexibility index (Phi) is 3.27. The van der Waals surface area contributed by atoms with Crippen LogP contribution >= 0.6 is 0 Å². The number of nitrogens with zero attached hydrogens (tertiary/aromatic N) is 2. The first-order valence-electron chi connectivity index (χ1n) is 4.79. The van der Waals surface area contributed by atoms with Gasteiger partial charge in [-0.2, -0.15) is 0 Å². The predicted molar refractivity (Wildman–Crippen MR) is 59.1 cm³/mol. The minimum absolute atomic E-state index is 0.466. The average Bonchev–Trinajstić information content (AvgIpc) is 2.28. The van der Waals surface area contributed by atoms with Gasteiger partial charge >= 0.3 is 5.97 Å². The van der Waals surface area contributed by atoms with Gasteiger partial charge in [0.2, 0.25) is 5.91 Å². The molecular weight excluding hydrogens is 208 g/mol. The van der Waals surface area contributed by atoms with Crippen LogP contribution in [0.3, 0.4) is 0 Å². The number of rotatable bonds is 3.